The molecule has 0 heterocycles. The molecule has 0 aromatic carbocycles. The average molecular weight is 272 g/mol. The van der Waals surface area contributed by atoms with Gasteiger partial charge in [-0.2, -0.15) is 0 Å². The van der Waals surface area contributed by atoms with Crippen molar-refractivity contribution in [1.29, 1.82) is 0 Å². The Morgan fingerprint density at radius 2 is 1.58 bits per heavy atom. The van der Waals surface area contributed by atoms with Crippen LogP contribution in [0.15, 0.2) is 0 Å². The molecule has 0 aromatic rings. The Hall–Kier alpha value is -1.26. The third kappa shape index (κ3) is 8.46. The van der Waals surface area contributed by atoms with Gasteiger partial charge in [0, 0.05) is 12.1 Å². The van der Waals surface area contributed by atoms with E-state index in [1.807, 2.05) is 13.8 Å². The largest absolute Gasteiger partial charge is 0.481 e. The highest BCUT2D eigenvalue weighted by Crippen LogP contribution is 2.09. The zero-order chi connectivity index (χ0) is 15.0. The molecule has 0 aliphatic carbocycles. The molecule has 2 amide bonds. The fraction of sp³-hybridized carbons (Fsp3) is 0.857. The monoisotopic (exact) mass is 272 g/mol. The van der Waals surface area contributed by atoms with Gasteiger partial charge in [-0.1, -0.05) is 27.2 Å². The van der Waals surface area contributed by atoms with Gasteiger partial charge in [-0.3, -0.25) is 4.79 Å². The van der Waals surface area contributed by atoms with Gasteiger partial charge in [-0.15, -0.1) is 0 Å². The van der Waals surface area contributed by atoms with E-state index in [9.17, 15) is 9.59 Å². The van der Waals surface area contributed by atoms with E-state index in [4.69, 9.17) is 5.11 Å². The maximum absolute atomic E-state index is 11.7. The van der Waals surface area contributed by atoms with Crippen molar-refractivity contribution in [3.63, 3.8) is 0 Å². The predicted octanol–water partition coefficient (Wildman–Crippen LogP) is 2.61. The SMILES string of the molecule is CC(CCCC(C)C(=O)O)NC(=O)NC(C)C(C)C. The summed E-state index contributed by atoms with van der Waals surface area (Å²) < 4.78 is 0. The summed E-state index contributed by atoms with van der Waals surface area (Å²) in [6, 6.07) is 0.0413. The second-order valence-electron chi connectivity index (χ2n) is 5.72. The zero-order valence-electron chi connectivity index (χ0n) is 12.7. The van der Waals surface area contributed by atoms with E-state index in [1.54, 1.807) is 6.92 Å². The average Bonchev–Trinajstić information content (AvgIpc) is 2.27. The van der Waals surface area contributed by atoms with Crippen LogP contribution in [0, 0.1) is 11.8 Å². The van der Waals surface area contributed by atoms with E-state index in [0.717, 1.165) is 12.8 Å². The first-order valence-corrected chi connectivity index (χ1v) is 7.03. The van der Waals surface area contributed by atoms with Crippen LogP contribution >= 0.6 is 0 Å². The first-order valence-electron chi connectivity index (χ1n) is 7.03. The van der Waals surface area contributed by atoms with E-state index in [-0.39, 0.29) is 24.0 Å². The van der Waals surface area contributed by atoms with Crippen molar-refractivity contribution in [2.75, 3.05) is 0 Å². The first-order chi connectivity index (χ1) is 8.73. The van der Waals surface area contributed by atoms with Crippen molar-refractivity contribution in [1.82, 2.24) is 10.6 Å². The van der Waals surface area contributed by atoms with Gasteiger partial charge in [0.25, 0.3) is 0 Å². The molecule has 0 spiro atoms. The number of amides is 2. The highest BCUT2D eigenvalue weighted by atomic mass is 16.4. The Bertz CT molecular complexity index is 292. The number of carbonyl (C=O) groups is 2. The third-order valence-electron chi connectivity index (χ3n) is 3.43. The molecule has 0 aliphatic heterocycles. The third-order valence-corrected chi connectivity index (χ3v) is 3.43. The topological polar surface area (TPSA) is 78.4 Å². The molecule has 3 unspecified atom stereocenters. The molecule has 5 heteroatoms. The smallest absolute Gasteiger partial charge is 0.315 e. The van der Waals surface area contributed by atoms with Crippen molar-refractivity contribution in [3.8, 4) is 0 Å². The normalized spacial score (nSPS) is 15.7. The van der Waals surface area contributed by atoms with E-state index in [0.29, 0.717) is 12.3 Å². The van der Waals surface area contributed by atoms with Gasteiger partial charge in [-0.25, -0.2) is 4.79 Å². The predicted molar refractivity (Wildman–Crippen MR) is 76.1 cm³/mol. The van der Waals surface area contributed by atoms with Gasteiger partial charge in [0.05, 0.1) is 5.92 Å². The highest BCUT2D eigenvalue weighted by Gasteiger charge is 2.14. The second-order valence-corrected chi connectivity index (χ2v) is 5.72. The van der Waals surface area contributed by atoms with Gasteiger partial charge in [0.2, 0.25) is 0 Å². The summed E-state index contributed by atoms with van der Waals surface area (Å²) in [5.41, 5.74) is 0. The minimum atomic E-state index is -0.760. The lowest BCUT2D eigenvalue weighted by atomic mass is 10.0. The van der Waals surface area contributed by atoms with Crippen LogP contribution < -0.4 is 10.6 Å². The van der Waals surface area contributed by atoms with E-state index in [2.05, 4.69) is 24.5 Å². The number of carbonyl (C=O) groups excluding carboxylic acids is 1. The summed E-state index contributed by atoms with van der Waals surface area (Å²) in [6.07, 6.45) is 2.24. The molecular formula is C14H28N2O3. The minimum absolute atomic E-state index is 0.0559. The Morgan fingerprint density at radius 1 is 1.00 bits per heavy atom. The quantitative estimate of drug-likeness (QED) is 0.635. The van der Waals surface area contributed by atoms with Crippen LogP contribution in [0.3, 0.4) is 0 Å². The number of carboxylic acid groups (broad SMARTS) is 1. The highest BCUT2D eigenvalue weighted by molar-refractivity contribution is 5.74. The zero-order valence-corrected chi connectivity index (χ0v) is 12.7. The maximum atomic E-state index is 11.7. The molecule has 0 saturated heterocycles. The molecule has 0 bridgehead atoms. The van der Waals surface area contributed by atoms with E-state index < -0.39 is 5.97 Å². The van der Waals surface area contributed by atoms with Crippen LogP contribution in [0.25, 0.3) is 0 Å². The van der Waals surface area contributed by atoms with Crippen molar-refractivity contribution in [2.24, 2.45) is 11.8 Å². The molecule has 5 nitrogen and oxygen atoms in total. The molecule has 0 radical (unpaired) electrons. The second kappa shape index (κ2) is 8.77. The van der Waals surface area contributed by atoms with Gasteiger partial charge < -0.3 is 15.7 Å². The molecule has 0 aliphatic rings. The van der Waals surface area contributed by atoms with Crippen LogP contribution in [0.2, 0.25) is 0 Å². The summed E-state index contributed by atoms with van der Waals surface area (Å²) in [7, 11) is 0. The van der Waals surface area contributed by atoms with E-state index >= 15 is 0 Å². The van der Waals surface area contributed by atoms with Crippen molar-refractivity contribution >= 4 is 12.0 Å². The summed E-state index contributed by atoms with van der Waals surface area (Å²) in [4.78, 5) is 22.3. The molecule has 0 aromatic heterocycles. The standard InChI is InChI=1S/C14H28N2O3/c1-9(2)12(5)16-14(19)15-11(4)8-6-7-10(3)13(17)18/h9-12H,6-8H2,1-5H3,(H,17,18)(H2,15,16,19). The summed E-state index contributed by atoms with van der Waals surface area (Å²) in [5.74, 6) is -0.677. The molecule has 19 heavy (non-hydrogen) atoms. The summed E-state index contributed by atoms with van der Waals surface area (Å²) in [5, 5.41) is 14.5. The van der Waals surface area contributed by atoms with Crippen molar-refractivity contribution in [2.45, 2.75) is 66.0 Å². The van der Waals surface area contributed by atoms with Crippen molar-refractivity contribution < 1.29 is 14.7 Å². The molecule has 0 rings (SSSR count). The number of nitrogens with one attached hydrogen (secondary N) is 2. The molecule has 0 fully saturated rings. The Morgan fingerprint density at radius 3 is 2.05 bits per heavy atom. The number of urea groups is 1. The Kier molecular flexibility index (Phi) is 8.19. The Balaban J connectivity index is 3.82. The van der Waals surface area contributed by atoms with Crippen LogP contribution in [0.1, 0.15) is 53.9 Å². The lowest BCUT2D eigenvalue weighted by Gasteiger charge is -2.20. The molecule has 3 N–H and O–H groups in total. The molecule has 0 saturated carbocycles. The molecular weight excluding hydrogens is 244 g/mol. The fourth-order valence-corrected chi connectivity index (χ4v) is 1.56. The number of hydrogen-bond acceptors (Lipinski definition) is 2. The van der Waals surface area contributed by atoms with Crippen molar-refractivity contribution in [3.05, 3.63) is 0 Å². The fourth-order valence-electron chi connectivity index (χ4n) is 1.56. The van der Waals surface area contributed by atoms with Gasteiger partial charge in [-0.05, 0) is 32.6 Å². The molecule has 3 atom stereocenters. The van der Waals surface area contributed by atoms with Gasteiger partial charge in [0.15, 0.2) is 0 Å². The van der Waals surface area contributed by atoms with E-state index in [1.165, 1.54) is 0 Å². The lowest BCUT2D eigenvalue weighted by Crippen LogP contribution is -2.46. The number of carboxylic acids is 1. The van der Waals surface area contributed by atoms with Crippen LogP contribution in [-0.2, 0) is 4.79 Å². The summed E-state index contributed by atoms with van der Waals surface area (Å²) in [6.45, 7) is 9.73. The van der Waals surface area contributed by atoms with Gasteiger partial charge in [0.1, 0.15) is 0 Å². The number of rotatable bonds is 8. The maximum Gasteiger partial charge on any atom is 0.315 e. The lowest BCUT2D eigenvalue weighted by molar-refractivity contribution is -0.141. The number of hydrogen-bond donors (Lipinski definition) is 3. The molecule has 112 valence electrons. The first kappa shape index (κ1) is 17.7. The van der Waals surface area contributed by atoms with Gasteiger partial charge >= 0.3 is 12.0 Å². The number of aliphatic carboxylic acids is 1. The van der Waals surface area contributed by atoms with Crippen LogP contribution in [0.5, 0.6) is 0 Å². The Labute approximate surface area is 116 Å². The summed E-state index contributed by atoms with van der Waals surface area (Å²) >= 11 is 0. The van der Waals surface area contributed by atoms with Crippen LogP contribution in [0.4, 0.5) is 4.79 Å². The minimum Gasteiger partial charge on any atom is -0.481 e. The van der Waals surface area contributed by atoms with Crippen LogP contribution in [-0.4, -0.2) is 29.2 Å².